The number of nitrogens with zero attached hydrogens (tertiary/aromatic N) is 1. The Balaban J connectivity index is 2.15. The summed E-state index contributed by atoms with van der Waals surface area (Å²) in [6.07, 6.45) is 0. The van der Waals surface area contributed by atoms with Gasteiger partial charge in [0.1, 0.15) is 0 Å². The van der Waals surface area contributed by atoms with Gasteiger partial charge in [-0.3, -0.25) is 14.9 Å². The van der Waals surface area contributed by atoms with Crippen LogP contribution in [0.15, 0.2) is 48.5 Å². The van der Waals surface area contributed by atoms with Gasteiger partial charge in [0, 0.05) is 30.4 Å². The minimum Gasteiger partial charge on any atom is -0.452 e. The molecular formula is C19H21N3O5. The molecule has 0 radical (unpaired) electrons. The first-order valence-electron chi connectivity index (χ1n) is 8.39. The number of amides is 1. The maximum atomic E-state index is 12.4. The molecule has 0 spiro atoms. The van der Waals surface area contributed by atoms with Gasteiger partial charge in [0.25, 0.3) is 11.6 Å². The van der Waals surface area contributed by atoms with Gasteiger partial charge in [-0.25, -0.2) is 4.79 Å². The molecule has 0 unspecified atom stereocenters. The van der Waals surface area contributed by atoms with Crippen molar-refractivity contribution < 1.29 is 19.2 Å². The van der Waals surface area contributed by atoms with Crippen molar-refractivity contribution in [1.29, 1.82) is 0 Å². The van der Waals surface area contributed by atoms with Gasteiger partial charge in [-0.2, -0.15) is 0 Å². The number of ether oxygens (including phenoxy) is 1. The van der Waals surface area contributed by atoms with Crippen LogP contribution in [0.4, 0.5) is 11.4 Å². The lowest BCUT2D eigenvalue weighted by Gasteiger charge is -2.13. The smallest absolute Gasteiger partial charge is 0.341 e. The molecule has 2 rings (SSSR count). The third kappa shape index (κ3) is 6.10. The number of anilines is 1. The fourth-order valence-electron chi connectivity index (χ4n) is 2.33. The van der Waals surface area contributed by atoms with Crippen molar-refractivity contribution in [3.8, 4) is 0 Å². The number of nitro groups is 1. The fourth-order valence-corrected chi connectivity index (χ4v) is 2.33. The Hall–Kier alpha value is -3.42. The van der Waals surface area contributed by atoms with E-state index in [1.54, 1.807) is 13.8 Å². The van der Waals surface area contributed by atoms with E-state index in [1.165, 1.54) is 12.1 Å². The summed E-state index contributed by atoms with van der Waals surface area (Å²) in [5.74, 6) is -1.25. The lowest BCUT2D eigenvalue weighted by Crippen LogP contribution is -2.34. The molecule has 2 N–H and O–H groups in total. The fraction of sp³-hybridized carbons (Fsp3) is 0.263. The van der Waals surface area contributed by atoms with E-state index in [0.717, 1.165) is 11.6 Å². The van der Waals surface area contributed by atoms with Crippen molar-refractivity contribution in [2.24, 2.45) is 0 Å². The lowest BCUT2D eigenvalue weighted by molar-refractivity contribution is -0.384. The van der Waals surface area contributed by atoms with E-state index in [4.69, 9.17) is 4.74 Å². The van der Waals surface area contributed by atoms with Crippen molar-refractivity contribution in [3.63, 3.8) is 0 Å². The highest BCUT2D eigenvalue weighted by molar-refractivity contribution is 5.97. The number of carbonyl (C=O) groups is 2. The van der Waals surface area contributed by atoms with Crippen molar-refractivity contribution in [2.45, 2.75) is 26.4 Å². The summed E-state index contributed by atoms with van der Waals surface area (Å²) in [6.45, 7) is 3.53. The van der Waals surface area contributed by atoms with E-state index >= 15 is 0 Å². The molecule has 8 nitrogen and oxygen atoms in total. The molecule has 2 aromatic carbocycles. The Kier molecular flexibility index (Phi) is 6.87. The van der Waals surface area contributed by atoms with Gasteiger partial charge in [-0.1, -0.05) is 30.3 Å². The summed E-state index contributed by atoms with van der Waals surface area (Å²) in [6, 6.07) is 13.3. The van der Waals surface area contributed by atoms with Crippen LogP contribution in [-0.2, 0) is 16.1 Å². The van der Waals surface area contributed by atoms with Crippen LogP contribution in [-0.4, -0.2) is 29.4 Å². The maximum absolute atomic E-state index is 12.4. The zero-order valence-corrected chi connectivity index (χ0v) is 15.1. The van der Waals surface area contributed by atoms with Gasteiger partial charge >= 0.3 is 5.97 Å². The molecule has 0 aliphatic heterocycles. The first-order valence-corrected chi connectivity index (χ1v) is 8.39. The van der Waals surface area contributed by atoms with Crippen LogP contribution in [0.2, 0.25) is 0 Å². The highest BCUT2D eigenvalue weighted by Crippen LogP contribution is 2.23. The van der Waals surface area contributed by atoms with Gasteiger partial charge in [0.05, 0.1) is 10.5 Å². The molecule has 2 aromatic rings. The second kappa shape index (κ2) is 9.33. The second-order valence-electron chi connectivity index (χ2n) is 6.12. The molecule has 0 atom stereocenters. The summed E-state index contributed by atoms with van der Waals surface area (Å²) in [5, 5.41) is 16.7. The standard InChI is InChI=1S/C19H21N3O5/c1-13(2)21-18(23)12-27-19(24)16-10-15(22(25)26)8-9-17(16)20-11-14-6-4-3-5-7-14/h3-10,13,20H,11-12H2,1-2H3,(H,21,23). The molecule has 0 fully saturated rings. The molecule has 0 aliphatic carbocycles. The average Bonchev–Trinajstić information content (AvgIpc) is 2.64. The number of nitro benzene ring substituents is 1. The molecule has 0 heterocycles. The van der Waals surface area contributed by atoms with Gasteiger partial charge in [0.15, 0.2) is 6.61 Å². The average molecular weight is 371 g/mol. The number of non-ortho nitro benzene ring substituents is 1. The van der Waals surface area contributed by atoms with Gasteiger partial charge in [-0.05, 0) is 25.5 Å². The molecule has 0 aliphatic rings. The van der Waals surface area contributed by atoms with E-state index in [0.29, 0.717) is 12.2 Å². The van der Waals surface area contributed by atoms with Crippen molar-refractivity contribution >= 4 is 23.3 Å². The van der Waals surface area contributed by atoms with Crippen LogP contribution >= 0.6 is 0 Å². The molecule has 1 amide bonds. The molecular weight excluding hydrogens is 350 g/mol. The highest BCUT2D eigenvalue weighted by atomic mass is 16.6. The Morgan fingerprint density at radius 2 is 1.85 bits per heavy atom. The van der Waals surface area contributed by atoms with E-state index in [-0.39, 0.29) is 17.3 Å². The number of benzene rings is 2. The van der Waals surface area contributed by atoms with Crippen molar-refractivity contribution in [3.05, 3.63) is 69.8 Å². The van der Waals surface area contributed by atoms with Crippen molar-refractivity contribution in [2.75, 3.05) is 11.9 Å². The SMILES string of the molecule is CC(C)NC(=O)COC(=O)c1cc([N+](=O)[O-])ccc1NCc1ccccc1. The van der Waals surface area contributed by atoms with E-state index in [2.05, 4.69) is 10.6 Å². The number of hydrogen-bond donors (Lipinski definition) is 2. The third-order valence-electron chi connectivity index (χ3n) is 3.54. The number of hydrogen-bond acceptors (Lipinski definition) is 6. The zero-order valence-electron chi connectivity index (χ0n) is 15.1. The largest absolute Gasteiger partial charge is 0.452 e. The second-order valence-corrected chi connectivity index (χ2v) is 6.12. The predicted molar refractivity (Wildman–Crippen MR) is 100 cm³/mol. The summed E-state index contributed by atoms with van der Waals surface area (Å²) in [4.78, 5) is 34.5. The van der Waals surface area contributed by atoms with E-state index < -0.39 is 23.4 Å². The highest BCUT2D eigenvalue weighted by Gasteiger charge is 2.19. The van der Waals surface area contributed by atoms with Crippen LogP contribution < -0.4 is 10.6 Å². The van der Waals surface area contributed by atoms with Crippen LogP contribution in [0, 0.1) is 10.1 Å². The molecule has 142 valence electrons. The summed E-state index contributed by atoms with van der Waals surface area (Å²) in [7, 11) is 0. The minimum atomic E-state index is -0.812. The van der Waals surface area contributed by atoms with Crippen LogP contribution in [0.5, 0.6) is 0 Å². The predicted octanol–water partition coefficient (Wildman–Crippen LogP) is 2.89. The van der Waals surface area contributed by atoms with Crippen LogP contribution in [0.3, 0.4) is 0 Å². The number of nitrogens with one attached hydrogen (secondary N) is 2. The zero-order chi connectivity index (χ0) is 19.8. The topological polar surface area (TPSA) is 111 Å². The van der Waals surface area contributed by atoms with E-state index in [9.17, 15) is 19.7 Å². The molecule has 0 saturated heterocycles. The van der Waals surface area contributed by atoms with Crippen LogP contribution in [0.25, 0.3) is 0 Å². The molecule has 0 saturated carbocycles. The van der Waals surface area contributed by atoms with Crippen LogP contribution in [0.1, 0.15) is 29.8 Å². The number of rotatable bonds is 8. The lowest BCUT2D eigenvalue weighted by atomic mass is 10.1. The first kappa shape index (κ1) is 19.9. The van der Waals surface area contributed by atoms with Gasteiger partial charge in [0.2, 0.25) is 0 Å². The Labute approximate surface area is 156 Å². The molecule has 8 heteroatoms. The normalized spacial score (nSPS) is 10.3. The summed E-state index contributed by atoms with van der Waals surface area (Å²) < 4.78 is 5.00. The number of carbonyl (C=O) groups excluding carboxylic acids is 2. The number of esters is 1. The Bertz CT molecular complexity index is 821. The third-order valence-corrected chi connectivity index (χ3v) is 3.54. The van der Waals surface area contributed by atoms with Crippen molar-refractivity contribution in [1.82, 2.24) is 5.32 Å². The van der Waals surface area contributed by atoms with Gasteiger partial charge < -0.3 is 15.4 Å². The summed E-state index contributed by atoms with van der Waals surface area (Å²) in [5.41, 5.74) is 1.13. The minimum absolute atomic E-state index is 0.00234. The first-order chi connectivity index (χ1) is 12.9. The Morgan fingerprint density at radius 1 is 1.15 bits per heavy atom. The van der Waals surface area contributed by atoms with Gasteiger partial charge in [-0.15, -0.1) is 0 Å². The quantitative estimate of drug-likeness (QED) is 0.419. The summed E-state index contributed by atoms with van der Waals surface area (Å²) >= 11 is 0. The van der Waals surface area contributed by atoms with E-state index in [1.807, 2.05) is 30.3 Å². The Morgan fingerprint density at radius 3 is 2.48 bits per heavy atom. The molecule has 0 bridgehead atoms. The monoisotopic (exact) mass is 371 g/mol. The maximum Gasteiger partial charge on any atom is 0.341 e. The molecule has 27 heavy (non-hydrogen) atoms. The molecule has 0 aromatic heterocycles.